The maximum absolute atomic E-state index is 14.7. The van der Waals surface area contributed by atoms with Gasteiger partial charge in [0, 0.05) is 23.3 Å². The molecule has 150 valence electrons. The number of hydrogen-bond acceptors (Lipinski definition) is 4. The largest absolute Gasteiger partial charge is 0.423 e. The van der Waals surface area contributed by atoms with Crippen molar-refractivity contribution in [1.82, 2.24) is 0 Å². The molecule has 0 aliphatic rings. The molecule has 6 heteroatoms. The lowest BCUT2D eigenvalue weighted by atomic mass is 9.98. The summed E-state index contributed by atoms with van der Waals surface area (Å²) in [5.74, 6) is -2.73. The summed E-state index contributed by atoms with van der Waals surface area (Å²) in [5.41, 5.74) is 0.967. The first-order valence-electron chi connectivity index (χ1n) is 8.80. The van der Waals surface area contributed by atoms with E-state index >= 15 is 0 Å². The van der Waals surface area contributed by atoms with Gasteiger partial charge in [0.1, 0.15) is 11.5 Å². The summed E-state index contributed by atoms with van der Waals surface area (Å²) in [6.07, 6.45) is 2.05. The first kappa shape index (κ1) is 20.7. The Hall–Kier alpha value is -4.06. The number of carbonyl (C=O) groups excluding carboxylic acids is 2. The Bertz CT molecular complexity index is 1030. The fraction of sp³-hybridized carbons (Fsp3) is 0. The van der Waals surface area contributed by atoms with Crippen molar-refractivity contribution in [3.05, 3.63) is 97.6 Å². The molecule has 0 aromatic heterocycles. The van der Waals surface area contributed by atoms with Crippen molar-refractivity contribution in [2.45, 2.75) is 0 Å². The Morgan fingerprint density at radius 3 is 1.27 bits per heavy atom. The van der Waals surface area contributed by atoms with Crippen LogP contribution in [0.2, 0.25) is 0 Å². The minimum absolute atomic E-state index is 0.0642. The standard InChI is InChI=1S/C24H16F2O4/c1-3-21(27)29-17-9-5-15(6-10-17)19-13-14-20(24(26)23(19)25)16-7-11-18(12-8-16)30-22(28)4-2/h3-14H,1-2H2. The fourth-order valence-electron chi connectivity index (χ4n) is 2.72. The van der Waals surface area contributed by atoms with Crippen molar-refractivity contribution >= 4 is 11.9 Å². The van der Waals surface area contributed by atoms with E-state index in [1.807, 2.05) is 0 Å². The molecule has 0 radical (unpaired) electrons. The molecule has 0 aliphatic carbocycles. The summed E-state index contributed by atoms with van der Waals surface area (Å²) in [6, 6.07) is 14.9. The minimum atomic E-state index is -1.01. The SMILES string of the molecule is C=CC(=O)Oc1ccc(-c2ccc(-c3ccc(OC(=O)C=C)cc3)c(F)c2F)cc1. The van der Waals surface area contributed by atoms with Gasteiger partial charge in [-0.1, -0.05) is 49.6 Å². The number of ether oxygens (including phenoxy) is 2. The van der Waals surface area contributed by atoms with Crippen molar-refractivity contribution in [3.63, 3.8) is 0 Å². The Kier molecular flexibility index (Phi) is 6.17. The third kappa shape index (κ3) is 4.50. The van der Waals surface area contributed by atoms with Gasteiger partial charge in [-0.05, 0) is 35.4 Å². The van der Waals surface area contributed by atoms with E-state index in [0.29, 0.717) is 11.1 Å². The lowest BCUT2D eigenvalue weighted by Gasteiger charge is -2.10. The summed E-state index contributed by atoms with van der Waals surface area (Å²) in [5, 5.41) is 0. The van der Waals surface area contributed by atoms with Crippen molar-refractivity contribution < 1.29 is 27.8 Å². The molecule has 0 amide bonds. The third-order valence-corrected chi connectivity index (χ3v) is 4.18. The number of hydrogen-bond donors (Lipinski definition) is 0. The molecule has 0 fully saturated rings. The van der Waals surface area contributed by atoms with Gasteiger partial charge in [0.05, 0.1) is 0 Å². The van der Waals surface area contributed by atoms with Crippen LogP contribution < -0.4 is 9.47 Å². The molecule has 0 saturated heterocycles. The number of esters is 2. The zero-order valence-corrected chi connectivity index (χ0v) is 15.7. The molecular weight excluding hydrogens is 390 g/mol. The highest BCUT2D eigenvalue weighted by atomic mass is 19.2. The van der Waals surface area contributed by atoms with Gasteiger partial charge < -0.3 is 9.47 Å². The zero-order chi connectivity index (χ0) is 21.7. The Morgan fingerprint density at radius 2 is 0.967 bits per heavy atom. The average molecular weight is 406 g/mol. The van der Waals surface area contributed by atoms with E-state index in [9.17, 15) is 18.4 Å². The molecule has 0 spiro atoms. The van der Waals surface area contributed by atoms with Gasteiger partial charge in [-0.2, -0.15) is 0 Å². The summed E-state index contributed by atoms with van der Waals surface area (Å²) >= 11 is 0. The van der Waals surface area contributed by atoms with Gasteiger partial charge in [0.15, 0.2) is 11.6 Å². The summed E-state index contributed by atoms with van der Waals surface area (Å²) in [7, 11) is 0. The smallest absolute Gasteiger partial charge is 0.335 e. The summed E-state index contributed by atoms with van der Waals surface area (Å²) in [6.45, 7) is 6.61. The molecule has 3 aromatic rings. The number of benzene rings is 3. The van der Waals surface area contributed by atoms with Crippen LogP contribution in [0, 0.1) is 11.6 Å². The molecule has 3 rings (SSSR count). The minimum Gasteiger partial charge on any atom is -0.423 e. The average Bonchev–Trinajstić information content (AvgIpc) is 2.77. The molecule has 0 N–H and O–H groups in total. The zero-order valence-electron chi connectivity index (χ0n) is 15.7. The second-order valence-corrected chi connectivity index (χ2v) is 6.09. The van der Waals surface area contributed by atoms with E-state index in [1.54, 1.807) is 0 Å². The first-order chi connectivity index (χ1) is 14.4. The van der Waals surface area contributed by atoms with Crippen LogP contribution in [0.25, 0.3) is 22.3 Å². The Labute approximate surface area is 171 Å². The van der Waals surface area contributed by atoms with Crippen LogP contribution in [-0.2, 0) is 9.59 Å². The maximum Gasteiger partial charge on any atom is 0.335 e. The predicted molar refractivity (Wildman–Crippen MR) is 109 cm³/mol. The molecule has 30 heavy (non-hydrogen) atoms. The monoisotopic (exact) mass is 406 g/mol. The molecule has 0 bridgehead atoms. The second kappa shape index (κ2) is 8.96. The van der Waals surface area contributed by atoms with Gasteiger partial charge in [-0.25, -0.2) is 18.4 Å². The highest BCUT2D eigenvalue weighted by Gasteiger charge is 2.16. The molecule has 4 nitrogen and oxygen atoms in total. The second-order valence-electron chi connectivity index (χ2n) is 6.09. The summed E-state index contributed by atoms with van der Waals surface area (Å²) < 4.78 is 39.4. The molecule has 0 heterocycles. The quantitative estimate of drug-likeness (QED) is 0.309. The third-order valence-electron chi connectivity index (χ3n) is 4.18. The van der Waals surface area contributed by atoms with Crippen LogP contribution in [0.5, 0.6) is 11.5 Å². The maximum atomic E-state index is 14.7. The highest BCUT2D eigenvalue weighted by molar-refractivity contribution is 5.84. The van der Waals surface area contributed by atoms with Crippen molar-refractivity contribution in [1.29, 1.82) is 0 Å². The Balaban J connectivity index is 1.87. The van der Waals surface area contributed by atoms with E-state index < -0.39 is 23.6 Å². The van der Waals surface area contributed by atoms with Gasteiger partial charge >= 0.3 is 11.9 Å². The van der Waals surface area contributed by atoms with Crippen molar-refractivity contribution in [2.75, 3.05) is 0 Å². The first-order valence-corrected chi connectivity index (χ1v) is 8.80. The number of halogens is 2. The molecule has 0 saturated carbocycles. The van der Waals surface area contributed by atoms with Gasteiger partial charge in [0.2, 0.25) is 0 Å². The topological polar surface area (TPSA) is 52.6 Å². The van der Waals surface area contributed by atoms with Gasteiger partial charge in [-0.3, -0.25) is 0 Å². The molecule has 0 atom stereocenters. The molecule has 3 aromatic carbocycles. The normalized spacial score (nSPS) is 10.2. The molecule has 0 aliphatic heterocycles. The van der Waals surface area contributed by atoms with Crippen LogP contribution >= 0.6 is 0 Å². The van der Waals surface area contributed by atoms with E-state index in [2.05, 4.69) is 13.2 Å². The highest BCUT2D eigenvalue weighted by Crippen LogP contribution is 2.32. The Morgan fingerprint density at radius 1 is 0.633 bits per heavy atom. The fourth-order valence-corrected chi connectivity index (χ4v) is 2.72. The van der Waals surface area contributed by atoms with Crippen LogP contribution in [0.15, 0.2) is 86.0 Å². The van der Waals surface area contributed by atoms with Gasteiger partial charge in [-0.15, -0.1) is 0 Å². The van der Waals surface area contributed by atoms with E-state index in [1.165, 1.54) is 60.7 Å². The van der Waals surface area contributed by atoms with Gasteiger partial charge in [0.25, 0.3) is 0 Å². The summed E-state index contributed by atoms with van der Waals surface area (Å²) in [4.78, 5) is 22.4. The lowest BCUT2D eigenvalue weighted by molar-refractivity contribution is -0.129. The number of carbonyl (C=O) groups is 2. The van der Waals surface area contributed by atoms with Crippen LogP contribution in [-0.4, -0.2) is 11.9 Å². The van der Waals surface area contributed by atoms with E-state index in [4.69, 9.17) is 9.47 Å². The molecular formula is C24H16F2O4. The molecule has 0 unspecified atom stereocenters. The van der Waals surface area contributed by atoms with E-state index in [-0.39, 0.29) is 22.6 Å². The predicted octanol–water partition coefficient (Wildman–Crippen LogP) is 5.48. The van der Waals surface area contributed by atoms with Crippen molar-refractivity contribution in [2.24, 2.45) is 0 Å². The lowest BCUT2D eigenvalue weighted by Crippen LogP contribution is -2.03. The van der Waals surface area contributed by atoms with Crippen LogP contribution in [0.1, 0.15) is 0 Å². The van der Waals surface area contributed by atoms with Crippen LogP contribution in [0.4, 0.5) is 8.78 Å². The van der Waals surface area contributed by atoms with Crippen molar-refractivity contribution in [3.8, 4) is 33.8 Å². The van der Waals surface area contributed by atoms with E-state index in [0.717, 1.165) is 12.2 Å². The van der Waals surface area contributed by atoms with Crippen LogP contribution in [0.3, 0.4) is 0 Å². The number of rotatable bonds is 6.